The Bertz CT molecular complexity index is 912. The van der Waals surface area contributed by atoms with Crippen LogP contribution in [0.1, 0.15) is 59.8 Å². The van der Waals surface area contributed by atoms with Crippen LogP contribution in [-0.4, -0.2) is 66.0 Å². The Hall–Kier alpha value is -0.843. The molecule has 2 aliphatic heterocycles. The van der Waals surface area contributed by atoms with E-state index in [-0.39, 0.29) is 16.6 Å². The predicted molar refractivity (Wildman–Crippen MR) is 131 cm³/mol. The molecule has 5 rings (SSSR count). The topological polar surface area (TPSA) is 67.3 Å². The quantitative estimate of drug-likeness (QED) is 0.343. The zero-order valence-electron chi connectivity index (χ0n) is 20.8. The molecule has 9 heteroatoms. The lowest BCUT2D eigenvalue weighted by Gasteiger charge is -2.56. The van der Waals surface area contributed by atoms with Crippen LogP contribution in [0.2, 0.25) is 18.1 Å². The number of fused-ring (bicyclic) bond motifs is 1. The molecular weight excluding hydrogens is 456 g/mol. The average Bonchev–Trinajstić information content (AvgIpc) is 3.11. The second-order valence-electron chi connectivity index (χ2n) is 11.9. The zero-order chi connectivity index (χ0) is 23.8. The third-order valence-corrected chi connectivity index (χ3v) is 14.1. The number of nitrogens with zero attached hydrogens (tertiary/aromatic N) is 2. The molecule has 4 aliphatic rings. The molecular formula is C24H38N2O5SSi. The van der Waals surface area contributed by atoms with Gasteiger partial charge in [-0.25, -0.2) is 4.98 Å². The number of hydrogen-bond donors (Lipinski definition) is 0. The maximum atomic E-state index is 7.05. The molecule has 0 unspecified atom stereocenters. The van der Waals surface area contributed by atoms with E-state index in [0.29, 0.717) is 25.0 Å². The molecule has 0 amide bonds. The fourth-order valence-electron chi connectivity index (χ4n) is 6.38. The minimum atomic E-state index is -2.03. The number of rotatable bonds is 4. The van der Waals surface area contributed by atoms with E-state index in [9.17, 15) is 0 Å². The third-order valence-electron chi connectivity index (χ3n) is 9.31. The minimum Gasteiger partial charge on any atom is -0.467 e. The van der Waals surface area contributed by atoms with Crippen LogP contribution < -0.4 is 0 Å². The van der Waals surface area contributed by atoms with Crippen molar-refractivity contribution in [2.75, 3.05) is 19.8 Å². The smallest absolute Gasteiger partial charge is 0.269 e. The molecule has 1 aromatic heterocycles. The number of thiocarbonyl (C=S) groups is 1. The summed E-state index contributed by atoms with van der Waals surface area (Å²) in [5.41, 5.74) is -1.23. The van der Waals surface area contributed by atoms with Crippen LogP contribution in [0.4, 0.5) is 0 Å². The second kappa shape index (κ2) is 7.58. The van der Waals surface area contributed by atoms with Crippen LogP contribution >= 0.6 is 12.2 Å². The monoisotopic (exact) mass is 494 g/mol. The average molecular weight is 495 g/mol. The summed E-state index contributed by atoms with van der Waals surface area (Å²) in [5, 5.41) is 0.486. The van der Waals surface area contributed by atoms with Gasteiger partial charge in [-0.2, -0.15) is 0 Å². The van der Waals surface area contributed by atoms with Crippen molar-refractivity contribution in [2.24, 2.45) is 5.41 Å². The zero-order valence-corrected chi connectivity index (χ0v) is 22.6. The molecule has 1 aromatic rings. The van der Waals surface area contributed by atoms with Crippen LogP contribution in [0, 0.1) is 5.41 Å². The van der Waals surface area contributed by atoms with Gasteiger partial charge >= 0.3 is 0 Å². The van der Waals surface area contributed by atoms with Gasteiger partial charge in [-0.05, 0) is 56.0 Å². The maximum Gasteiger partial charge on any atom is 0.269 e. The lowest BCUT2D eigenvalue weighted by atomic mass is 9.53. The van der Waals surface area contributed by atoms with Gasteiger partial charge in [0.15, 0.2) is 19.7 Å². The molecule has 33 heavy (non-hydrogen) atoms. The van der Waals surface area contributed by atoms with Crippen molar-refractivity contribution in [3.05, 3.63) is 18.7 Å². The van der Waals surface area contributed by atoms with Crippen LogP contribution in [0.25, 0.3) is 0 Å². The molecule has 4 fully saturated rings. The van der Waals surface area contributed by atoms with Gasteiger partial charge < -0.3 is 23.4 Å². The Labute approximate surface area is 203 Å². The first kappa shape index (κ1) is 23.9. The molecule has 0 bridgehead atoms. The molecule has 2 aliphatic carbocycles. The van der Waals surface area contributed by atoms with Crippen molar-refractivity contribution in [1.82, 2.24) is 9.55 Å². The van der Waals surface area contributed by atoms with E-state index in [1.54, 1.807) is 23.3 Å². The fraction of sp³-hybridized carbons (Fsp3) is 0.833. The lowest BCUT2D eigenvalue weighted by molar-refractivity contribution is -0.278. The maximum absolute atomic E-state index is 7.05. The highest BCUT2D eigenvalue weighted by molar-refractivity contribution is 7.80. The Kier molecular flexibility index (Phi) is 5.48. The summed E-state index contributed by atoms with van der Waals surface area (Å²) < 4.78 is 34.6. The normalized spacial score (nSPS) is 37.5. The van der Waals surface area contributed by atoms with E-state index in [2.05, 4.69) is 45.8 Å². The first-order chi connectivity index (χ1) is 15.4. The van der Waals surface area contributed by atoms with Gasteiger partial charge in [0.05, 0.1) is 24.7 Å². The van der Waals surface area contributed by atoms with E-state index in [0.717, 1.165) is 32.1 Å². The van der Waals surface area contributed by atoms with E-state index in [1.807, 2.05) is 0 Å². The SMILES string of the molecule is CC(C)(C)[Si](C)(C)O[C@@H]1CC[C@]2(C)C3(CCC[C@]24O[C@]14COC(=S)n1ccnc1)OCCO3. The molecule has 2 spiro atoms. The van der Waals surface area contributed by atoms with E-state index in [4.69, 9.17) is 35.6 Å². The van der Waals surface area contributed by atoms with Crippen molar-refractivity contribution < 1.29 is 23.4 Å². The summed E-state index contributed by atoms with van der Waals surface area (Å²) in [7, 11) is -2.03. The molecule has 7 nitrogen and oxygen atoms in total. The van der Waals surface area contributed by atoms with Crippen molar-refractivity contribution in [3.63, 3.8) is 0 Å². The highest BCUT2D eigenvalue weighted by Crippen LogP contribution is 2.74. The van der Waals surface area contributed by atoms with Crippen molar-refractivity contribution in [2.45, 2.75) is 101 Å². The second-order valence-corrected chi connectivity index (χ2v) is 17.0. The largest absolute Gasteiger partial charge is 0.467 e. The molecule has 184 valence electrons. The predicted octanol–water partition coefficient (Wildman–Crippen LogP) is 4.66. The number of hydrogen-bond acceptors (Lipinski definition) is 7. The summed E-state index contributed by atoms with van der Waals surface area (Å²) in [6.07, 6.45) is 9.81. The van der Waals surface area contributed by atoms with E-state index >= 15 is 0 Å². The highest BCUT2D eigenvalue weighted by Gasteiger charge is 2.87. The van der Waals surface area contributed by atoms with Crippen molar-refractivity contribution in [3.8, 4) is 0 Å². The Balaban J connectivity index is 1.48. The van der Waals surface area contributed by atoms with Gasteiger partial charge in [0.1, 0.15) is 18.5 Å². The number of epoxide rings is 1. The van der Waals surface area contributed by atoms with Crippen LogP contribution in [0.3, 0.4) is 0 Å². The first-order valence-electron chi connectivity index (χ1n) is 12.2. The highest BCUT2D eigenvalue weighted by atomic mass is 32.1. The summed E-state index contributed by atoms with van der Waals surface area (Å²) >= 11 is 5.55. The number of ether oxygens (including phenoxy) is 4. The Morgan fingerprint density at radius 2 is 1.94 bits per heavy atom. The van der Waals surface area contributed by atoms with Gasteiger partial charge in [0.2, 0.25) is 0 Å². The van der Waals surface area contributed by atoms with Gasteiger partial charge in [-0.1, -0.05) is 27.7 Å². The fourth-order valence-corrected chi connectivity index (χ4v) is 7.92. The number of imidazole rings is 1. The van der Waals surface area contributed by atoms with Gasteiger partial charge in [-0.15, -0.1) is 0 Å². The van der Waals surface area contributed by atoms with Gasteiger partial charge in [-0.3, -0.25) is 4.57 Å². The van der Waals surface area contributed by atoms with Crippen LogP contribution in [0.5, 0.6) is 0 Å². The van der Waals surface area contributed by atoms with Crippen molar-refractivity contribution in [1.29, 1.82) is 0 Å². The van der Waals surface area contributed by atoms with E-state index < -0.39 is 25.3 Å². The van der Waals surface area contributed by atoms with Crippen LogP contribution in [0.15, 0.2) is 18.7 Å². The van der Waals surface area contributed by atoms with Crippen molar-refractivity contribution >= 4 is 25.7 Å². The third kappa shape index (κ3) is 3.26. The molecule has 2 saturated heterocycles. The van der Waals surface area contributed by atoms with Gasteiger partial charge in [0, 0.05) is 18.8 Å². The summed E-state index contributed by atoms with van der Waals surface area (Å²) in [5.74, 6) is -0.584. The standard InChI is InChI=1S/C24H38N2O5SSi/c1-20(2,3)33(5,6)30-18-8-11-21(4)23(9-7-10-24(21)28-14-15-29-24)22(18,31-23)16-27-19(32)26-13-12-25-17-26/h12-13,17-18H,7-11,14-16H2,1-6H3/t18-,21+,22-,23+/m1/s1. The molecule has 3 heterocycles. The van der Waals surface area contributed by atoms with E-state index in [1.165, 1.54) is 0 Å². The molecule has 0 N–H and O–H groups in total. The molecule has 0 radical (unpaired) electrons. The Morgan fingerprint density at radius 1 is 1.21 bits per heavy atom. The summed E-state index contributed by atoms with van der Waals surface area (Å²) in [6.45, 7) is 15.4. The lowest BCUT2D eigenvalue weighted by Crippen LogP contribution is -2.66. The summed E-state index contributed by atoms with van der Waals surface area (Å²) in [6, 6.07) is 0. The molecule has 0 aromatic carbocycles. The molecule has 4 atom stereocenters. The molecule has 2 saturated carbocycles. The van der Waals surface area contributed by atoms with Gasteiger partial charge in [0.25, 0.3) is 5.17 Å². The van der Waals surface area contributed by atoms with Crippen LogP contribution in [-0.2, 0) is 23.4 Å². The summed E-state index contributed by atoms with van der Waals surface area (Å²) in [4.78, 5) is 4.09. The Morgan fingerprint density at radius 3 is 2.58 bits per heavy atom. The first-order valence-corrected chi connectivity index (χ1v) is 15.5. The number of aromatic nitrogens is 2. The minimum absolute atomic E-state index is 0.0476.